The predicted molar refractivity (Wildman–Crippen MR) is 106 cm³/mol. The molecule has 1 aliphatic heterocycles. The highest BCUT2D eigenvalue weighted by Gasteiger charge is 2.22. The molecule has 2 heterocycles. The Balaban J connectivity index is 1.63. The number of benzene rings is 2. The highest BCUT2D eigenvalue weighted by Crippen LogP contribution is 2.16. The van der Waals surface area contributed by atoms with Gasteiger partial charge in [-0.05, 0) is 18.1 Å². The Morgan fingerprint density at radius 1 is 0.963 bits per heavy atom. The second kappa shape index (κ2) is 7.37. The van der Waals surface area contributed by atoms with E-state index in [4.69, 9.17) is 0 Å². The van der Waals surface area contributed by atoms with E-state index in [2.05, 4.69) is 22.0 Å². The van der Waals surface area contributed by atoms with E-state index < -0.39 is 0 Å². The topological polar surface area (TPSA) is 58.1 Å². The molecule has 0 saturated heterocycles. The minimum Gasteiger partial charge on any atom is -0.311 e. The van der Waals surface area contributed by atoms with E-state index in [0.29, 0.717) is 25.1 Å². The van der Waals surface area contributed by atoms with Gasteiger partial charge in [-0.2, -0.15) is 0 Å². The molecule has 0 amide bonds. The Kier molecular flexibility index (Phi) is 4.77. The number of hydrogen-bond donors (Lipinski definition) is 1. The summed E-state index contributed by atoms with van der Waals surface area (Å²) in [6, 6.07) is 18.2. The van der Waals surface area contributed by atoms with Gasteiger partial charge in [0.05, 0.1) is 12.1 Å². The lowest BCUT2D eigenvalue weighted by atomic mass is 10.1. The van der Waals surface area contributed by atoms with Gasteiger partial charge in [-0.25, -0.2) is 4.79 Å². The zero-order valence-corrected chi connectivity index (χ0v) is 15.4. The van der Waals surface area contributed by atoms with Crippen molar-refractivity contribution in [2.24, 2.45) is 0 Å². The molecule has 1 aromatic heterocycles. The first-order valence-corrected chi connectivity index (χ1v) is 9.27. The molecular formula is C22H23N3O2. The number of aromatic nitrogens is 2. The molecule has 5 heteroatoms. The second-order valence-electron chi connectivity index (χ2n) is 7.21. The monoisotopic (exact) mass is 361 g/mol. The summed E-state index contributed by atoms with van der Waals surface area (Å²) in [6.07, 6.45) is 0.692. The van der Waals surface area contributed by atoms with E-state index in [-0.39, 0.29) is 11.2 Å². The Bertz CT molecular complexity index is 1070. The molecule has 138 valence electrons. The number of aromatic amines is 1. The second-order valence-corrected chi connectivity index (χ2v) is 7.21. The Morgan fingerprint density at radius 2 is 1.74 bits per heavy atom. The quantitative estimate of drug-likeness (QED) is 0.777. The fraction of sp³-hybridized carbons (Fsp3) is 0.273. The third-order valence-electron chi connectivity index (χ3n) is 5.10. The van der Waals surface area contributed by atoms with Gasteiger partial charge in [0.15, 0.2) is 0 Å². The third-order valence-corrected chi connectivity index (χ3v) is 5.10. The first kappa shape index (κ1) is 17.5. The molecule has 0 atom stereocenters. The van der Waals surface area contributed by atoms with Gasteiger partial charge in [-0.1, -0.05) is 60.2 Å². The zero-order chi connectivity index (χ0) is 18.8. The van der Waals surface area contributed by atoms with Crippen LogP contribution in [0.5, 0.6) is 0 Å². The van der Waals surface area contributed by atoms with Crippen molar-refractivity contribution < 1.29 is 0 Å². The van der Waals surface area contributed by atoms with E-state index >= 15 is 0 Å². The number of nitrogens with one attached hydrogen (secondary N) is 1. The first-order chi connectivity index (χ1) is 13.1. The molecule has 5 nitrogen and oxygen atoms in total. The van der Waals surface area contributed by atoms with Crippen molar-refractivity contribution in [3.8, 4) is 0 Å². The summed E-state index contributed by atoms with van der Waals surface area (Å²) < 4.78 is 1.32. The number of hydrogen-bond acceptors (Lipinski definition) is 3. The molecule has 0 bridgehead atoms. The molecule has 0 aliphatic carbocycles. The SMILES string of the molecule is Cc1cccc(Cn2c(=O)[nH]c3c(c2=O)CN(Cc2ccccc2)CC3)c1. The fourth-order valence-electron chi connectivity index (χ4n) is 3.72. The lowest BCUT2D eigenvalue weighted by Gasteiger charge is -2.28. The molecule has 27 heavy (non-hydrogen) atoms. The smallest absolute Gasteiger partial charge is 0.311 e. The van der Waals surface area contributed by atoms with Crippen LogP contribution in [0.4, 0.5) is 0 Å². The fourth-order valence-corrected chi connectivity index (χ4v) is 3.72. The largest absolute Gasteiger partial charge is 0.328 e. The minimum absolute atomic E-state index is 0.173. The summed E-state index contributed by atoms with van der Waals surface area (Å²) in [6.45, 7) is 4.50. The van der Waals surface area contributed by atoms with Crippen LogP contribution in [0.2, 0.25) is 0 Å². The highest BCUT2D eigenvalue weighted by molar-refractivity contribution is 5.25. The highest BCUT2D eigenvalue weighted by atomic mass is 16.2. The van der Waals surface area contributed by atoms with Gasteiger partial charge in [0.2, 0.25) is 0 Å². The molecule has 0 unspecified atom stereocenters. The lowest BCUT2D eigenvalue weighted by Crippen LogP contribution is -2.43. The van der Waals surface area contributed by atoms with Crippen molar-refractivity contribution in [1.82, 2.24) is 14.5 Å². The van der Waals surface area contributed by atoms with Crippen molar-refractivity contribution in [2.75, 3.05) is 6.54 Å². The summed E-state index contributed by atoms with van der Waals surface area (Å²) in [5, 5.41) is 0. The van der Waals surface area contributed by atoms with Gasteiger partial charge >= 0.3 is 5.69 Å². The van der Waals surface area contributed by atoms with E-state index in [9.17, 15) is 9.59 Å². The summed E-state index contributed by atoms with van der Waals surface area (Å²) in [7, 11) is 0. The average molecular weight is 361 g/mol. The minimum atomic E-state index is -0.322. The molecule has 1 N–H and O–H groups in total. The van der Waals surface area contributed by atoms with Crippen LogP contribution >= 0.6 is 0 Å². The number of rotatable bonds is 4. The molecule has 1 aliphatic rings. The van der Waals surface area contributed by atoms with Crippen molar-refractivity contribution in [3.05, 3.63) is 103 Å². The van der Waals surface area contributed by atoms with Crippen molar-refractivity contribution in [1.29, 1.82) is 0 Å². The van der Waals surface area contributed by atoms with Crippen LogP contribution in [-0.4, -0.2) is 21.0 Å². The molecule has 0 fully saturated rings. The Hall–Kier alpha value is -2.92. The standard InChI is InChI=1S/C22H23N3O2/c1-16-6-5-9-18(12-16)14-25-21(26)19-15-24(11-10-20(19)23-22(25)27)13-17-7-3-2-4-8-17/h2-9,12H,10-11,13-15H2,1H3,(H,23,27). The van der Waals surface area contributed by atoms with Crippen molar-refractivity contribution >= 4 is 0 Å². The lowest BCUT2D eigenvalue weighted by molar-refractivity contribution is 0.240. The van der Waals surface area contributed by atoms with E-state index in [0.717, 1.165) is 29.9 Å². The van der Waals surface area contributed by atoms with E-state index in [1.165, 1.54) is 10.1 Å². The third kappa shape index (κ3) is 3.78. The van der Waals surface area contributed by atoms with Gasteiger partial charge < -0.3 is 4.98 Å². The number of aryl methyl sites for hydroxylation is 1. The maximum atomic E-state index is 13.0. The molecule has 0 radical (unpaired) electrons. The summed E-state index contributed by atoms with van der Waals surface area (Å²) in [4.78, 5) is 30.7. The number of fused-ring (bicyclic) bond motifs is 1. The summed E-state index contributed by atoms with van der Waals surface area (Å²) in [5.41, 5.74) is 4.30. The summed E-state index contributed by atoms with van der Waals surface area (Å²) in [5.74, 6) is 0. The van der Waals surface area contributed by atoms with Gasteiger partial charge in [0, 0.05) is 31.7 Å². The zero-order valence-electron chi connectivity index (χ0n) is 15.4. The van der Waals surface area contributed by atoms with Crippen LogP contribution in [-0.2, 0) is 26.1 Å². The Morgan fingerprint density at radius 3 is 2.52 bits per heavy atom. The van der Waals surface area contributed by atoms with Crippen LogP contribution < -0.4 is 11.2 Å². The molecule has 2 aromatic carbocycles. The molecule has 0 saturated carbocycles. The van der Waals surface area contributed by atoms with Crippen LogP contribution in [0.3, 0.4) is 0 Å². The maximum Gasteiger partial charge on any atom is 0.328 e. The molecule has 3 aromatic rings. The van der Waals surface area contributed by atoms with Gasteiger partial charge in [0.1, 0.15) is 0 Å². The predicted octanol–water partition coefficient (Wildman–Crippen LogP) is 2.45. The molecule has 0 spiro atoms. The van der Waals surface area contributed by atoms with Gasteiger partial charge in [0.25, 0.3) is 5.56 Å². The van der Waals surface area contributed by atoms with Crippen molar-refractivity contribution in [2.45, 2.75) is 33.0 Å². The number of nitrogens with zero attached hydrogens (tertiary/aromatic N) is 2. The van der Waals surface area contributed by atoms with Crippen LogP contribution in [0.25, 0.3) is 0 Å². The van der Waals surface area contributed by atoms with Gasteiger partial charge in [-0.3, -0.25) is 14.3 Å². The van der Waals surface area contributed by atoms with Crippen LogP contribution in [0.15, 0.2) is 64.2 Å². The van der Waals surface area contributed by atoms with E-state index in [1.807, 2.05) is 49.4 Å². The molecular weight excluding hydrogens is 338 g/mol. The average Bonchev–Trinajstić information content (AvgIpc) is 2.67. The Labute approximate surface area is 157 Å². The molecule has 4 rings (SSSR count). The van der Waals surface area contributed by atoms with Gasteiger partial charge in [-0.15, -0.1) is 0 Å². The van der Waals surface area contributed by atoms with Crippen LogP contribution in [0, 0.1) is 6.92 Å². The van der Waals surface area contributed by atoms with E-state index in [1.54, 1.807) is 0 Å². The first-order valence-electron chi connectivity index (χ1n) is 9.27. The maximum absolute atomic E-state index is 13.0. The van der Waals surface area contributed by atoms with Crippen LogP contribution in [0.1, 0.15) is 27.9 Å². The summed E-state index contributed by atoms with van der Waals surface area (Å²) >= 11 is 0. The van der Waals surface area contributed by atoms with Crippen molar-refractivity contribution in [3.63, 3.8) is 0 Å². The number of H-pyrrole nitrogens is 1. The normalized spacial score (nSPS) is 14.1.